The van der Waals surface area contributed by atoms with Crippen molar-refractivity contribution in [2.24, 2.45) is 10.9 Å². The van der Waals surface area contributed by atoms with Gasteiger partial charge in [0.05, 0.1) is 0 Å². The van der Waals surface area contributed by atoms with E-state index in [1.165, 1.54) is 82.4 Å². The maximum absolute atomic E-state index is 4.36. The van der Waals surface area contributed by atoms with Crippen molar-refractivity contribution in [1.29, 1.82) is 0 Å². The molecule has 0 aromatic heterocycles. The molecule has 5 nitrogen and oxygen atoms in total. The molecule has 0 amide bonds. The van der Waals surface area contributed by atoms with E-state index in [1.807, 2.05) is 7.05 Å². The first-order valence-corrected chi connectivity index (χ1v) is 11.7. The van der Waals surface area contributed by atoms with E-state index >= 15 is 0 Å². The second-order valence-electron chi connectivity index (χ2n) is 8.88. The van der Waals surface area contributed by atoms with E-state index in [0.29, 0.717) is 0 Å². The van der Waals surface area contributed by atoms with Crippen LogP contribution in [0.3, 0.4) is 0 Å². The van der Waals surface area contributed by atoms with E-state index < -0.39 is 0 Å². The van der Waals surface area contributed by atoms with Crippen molar-refractivity contribution in [3.05, 3.63) is 35.4 Å². The number of aliphatic imine (C=N–C) groups is 1. The number of likely N-dealkylation sites (tertiary alicyclic amines) is 2. The van der Waals surface area contributed by atoms with Gasteiger partial charge in [0, 0.05) is 26.7 Å². The molecule has 1 aromatic carbocycles. The molecule has 0 radical (unpaired) electrons. The van der Waals surface area contributed by atoms with Crippen molar-refractivity contribution in [3.8, 4) is 0 Å². The van der Waals surface area contributed by atoms with Crippen molar-refractivity contribution >= 4 is 5.96 Å². The minimum absolute atomic E-state index is 0.815. The van der Waals surface area contributed by atoms with Gasteiger partial charge in [0.15, 0.2) is 5.96 Å². The number of rotatable bonds is 9. The van der Waals surface area contributed by atoms with Gasteiger partial charge in [-0.05, 0) is 88.3 Å². The van der Waals surface area contributed by atoms with Gasteiger partial charge in [-0.15, -0.1) is 0 Å². The predicted octanol–water partition coefficient (Wildman–Crippen LogP) is 3.46. The minimum atomic E-state index is 0.815. The highest BCUT2D eigenvalue weighted by atomic mass is 15.2. The van der Waals surface area contributed by atoms with E-state index in [9.17, 15) is 0 Å². The summed E-state index contributed by atoms with van der Waals surface area (Å²) >= 11 is 0. The number of unbranched alkanes of at least 4 members (excludes halogenated alkanes) is 1. The summed E-state index contributed by atoms with van der Waals surface area (Å²) in [4.78, 5) is 9.53. The Morgan fingerprint density at radius 3 is 2.31 bits per heavy atom. The largest absolute Gasteiger partial charge is 0.356 e. The van der Waals surface area contributed by atoms with Crippen LogP contribution < -0.4 is 10.6 Å². The molecule has 0 spiro atoms. The summed E-state index contributed by atoms with van der Waals surface area (Å²) in [6.45, 7) is 11.6. The van der Waals surface area contributed by atoms with Gasteiger partial charge in [0.2, 0.25) is 0 Å². The molecule has 162 valence electrons. The van der Waals surface area contributed by atoms with Gasteiger partial charge in [-0.3, -0.25) is 9.89 Å². The average molecular weight is 400 g/mol. The van der Waals surface area contributed by atoms with E-state index in [-0.39, 0.29) is 0 Å². The van der Waals surface area contributed by atoms with Gasteiger partial charge in [-0.1, -0.05) is 31.2 Å². The second kappa shape index (κ2) is 12.2. The molecule has 2 aliphatic heterocycles. The third kappa shape index (κ3) is 7.98. The van der Waals surface area contributed by atoms with Crippen LogP contribution in [0.4, 0.5) is 0 Å². The molecule has 5 heteroatoms. The van der Waals surface area contributed by atoms with Crippen LogP contribution >= 0.6 is 0 Å². The molecule has 0 unspecified atom stereocenters. The molecular weight excluding hydrogens is 358 g/mol. The monoisotopic (exact) mass is 399 g/mol. The highest BCUT2D eigenvalue weighted by molar-refractivity contribution is 5.79. The normalized spacial score (nSPS) is 19.6. The Morgan fingerprint density at radius 1 is 0.931 bits per heavy atom. The molecule has 2 saturated heterocycles. The Bertz CT molecular complexity index is 598. The van der Waals surface area contributed by atoms with Crippen LogP contribution in [-0.2, 0) is 13.1 Å². The number of hydrogen-bond acceptors (Lipinski definition) is 3. The highest BCUT2D eigenvalue weighted by Crippen LogP contribution is 2.16. The zero-order valence-electron chi connectivity index (χ0n) is 18.6. The minimum Gasteiger partial charge on any atom is -0.356 e. The van der Waals surface area contributed by atoms with Crippen molar-refractivity contribution in [2.75, 3.05) is 46.3 Å². The number of benzene rings is 1. The maximum Gasteiger partial charge on any atom is 0.191 e. The van der Waals surface area contributed by atoms with Gasteiger partial charge in [0.25, 0.3) is 0 Å². The molecule has 0 bridgehead atoms. The topological polar surface area (TPSA) is 42.9 Å². The van der Waals surface area contributed by atoms with E-state index in [1.54, 1.807) is 0 Å². The van der Waals surface area contributed by atoms with Crippen molar-refractivity contribution in [1.82, 2.24) is 20.4 Å². The summed E-state index contributed by atoms with van der Waals surface area (Å²) < 4.78 is 0. The third-order valence-corrected chi connectivity index (χ3v) is 6.38. The molecule has 1 aromatic rings. The van der Waals surface area contributed by atoms with E-state index in [2.05, 4.69) is 56.6 Å². The number of nitrogens with zero attached hydrogens (tertiary/aromatic N) is 3. The summed E-state index contributed by atoms with van der Waals surface area (Å²) in [6, 6.07) is 9.02. The van der Waals surface area contributed by atoms with Crippen molar-refractivity contribution < 1.29 is 0 Å². The molecular formula is C24H41N5. The maximum atomic E-state index is 4.36. The molecule has 2 N–H and O–H groups in total. The van der Waals surface area contributed by atoms with Crippen molar-refractivity contribution in [2.45, 2.75) is 58.5 Å². The van der Waals surface area contributed by atoms with Crippen LogP contribution in [-0.4, -0.2) is 62.1 Å². The second-order valence-corrected chi connectivity index (χ2v) is 8.88. The van der Waals surface area contributed by atoms with Crippen LogP contribution in [0.2, 0.25) is 0 Å². The first-order valence-electron chi connectivity index (χ1n) is 11.7. The fourth-order valence-electron chi connectivity index (χ4n) is 4.32. The Hall–Kier alpha value is -1.59. The quantitative estimate of drug-likeness (QED) is 0.379. The molecule has 2 fully saturated rings. The third-order valence-electron chi connectivity index (χ3n) is 6.38. The molecule has 29 heavy (non-hydrogen) atoms. The lowest BCUT2D eigenvalue weighted by Crippen LogP contribution is -2.38. The fourth-order valence-corrected chi connectivity index (χ4v) is 4.32. The summed E-state index contributed by atoms with van der Waals surface area (Å²) in [6.07, 6.45) is 7.90. The zero-order valence-corrected chi connectivity index (χ0v) is 18.6. The number of hydrogen-bond donors (Lipinski definition) is 2. The standard InChI is InChI=1S/C24H41N5/c1-21-11-17-28(18-12-21)14-4-3-13-26-24(25-2)27-19-22-7-9-23(10-8-22)20-29-15-5-6-16-29/h7-10,21H,3-6,11-20H2,1-2H3,(H2,25,26,27). The summed E-state index contributed by atoms with van der Waals surface area (Å²) in [5.41, 5.74) is 2.72. The van der Waals surface area contributed by atoms with Crippen molar-refractivity contribution in [3.63, 3.8) is 0 Å². The number of guanidine groups is 1. The van der Waals surface area contributed by atoms with Gasteiger partial charge in [0.1, 0.15) is 0 Å². The van der Waals surface area contributed by atoms with Crippen LogP contribution in [0.5, 0.6) is 0 Å². The van der Waals surface area contributed by atoms with Crippen LogP contribution in [0, 0.1) is 5.92 Å². The lowest BCUT2D eigenvalue weighted by Gasteiger charge is -2.30. The van der Waals surface area contributed by atoms with Gasteiger partial charge in [-0.2, -0.15) is 0 Å². The van der Waals surface area contributed by atoms with E-state index in [4.69, 9.17) is 0 Å². The van der Waals surface area contributed by atoms with Crippen LogP contribution in [0.1, 0.15) is 56.6 Å². The Kier molecular flexibility index (Phi) is 9.29. The molecule has 2 aliphatic rings. The summed E-state index contributed by atoms with van der Waals surface area (Å²) in [7, 11) is 1.85. The summed E-state index contributed by atoms with van der Waals surface area (Å²) in [5, 5.41) is 6.90. The highest BCUT2D eigenvalue weighted by Gasteiger charge is 2.14. The first-order chi connectivity index (χ1) is 14.2. The van der Waals surface area contributed by atoms with Crippen LogP contribution in [0.25, 0.3) is 0 Å². The lowest BCUT2D eigenvalue weighted by molar-refractivity contribution is 0.189. The predicted molar refractivity (Wildman–Crippen MR) is 123 cm³/mol. The smallest absolute Gasteiger partial charge is 0.191 e. The zero-order chi connectivity index (χ0) is 20.3. The molecule has 0 atom stereocenters. The molecule has 2 heterocycles. The van der Waals surface area contributed by atoms with Gasteiger partial charge < -0.3 is 15.5 Å². The van der Waals surface area contributed by atoms with Gasteiger partial charge in [-0.25, -0.2) is 0 Å². The fraction of sp³-hybridized carbons (Fsp3) is 0.708. The average Bonchev–Trinajstić information content (AvgIpc) is 3.25. The lowest BCUT2D eigenvalue weighted by atomic mass is 9.99. The Labute approximate surface area is 178 Å². The molecule has 3 rings (SSSR count). The van der Waals surface area contributed by atoms with Gasteiger partial charge >= 0.3 is 0 Å². The summed E-state index contributed by atoms with van der Waals surface area (Å²) in [5.74, 6) is 1.82. The number of nitrogens with one attached hydrogen (secondary N) is 2. The van der Waals surface area contributed by atoms with Crippen LogP contribution in [0.15, 0.2) is 29.3 Å². The first kappa shape index (κ1) is 22.1. The molecule has 0 aliphatic carbocycles. The Morgan fingerprint density at radius 2 is 1.62 bits per heavy atom. The van der Waals surface area contributed by atoms with E-state index in [0.717, 1.165) is 31.5 Å². The Balaban J connectivity index is 1.27. The SMILES string of the molecule is CN=C(NCCCCN1CCC(C)CC1)NCc1ccc(CN2CCCC2)cc1. The molecule has 0 saturated carbocycles. The number of piperidine rings is 1.